The number of aliphatic imine (C=N–C) groups is 1. The van der Waals surface area contributed by atoms with Crippen molar-refractivity contribution in [2.24, 2.45) is 16.8 Å². The molecule has 8 nitrogen and oxygen atoms in total. The van der Waals surface area contributed by atoms with Crippen LogP contribution in [-0.4, -0.2) is 61.3 Å². The van der Waals surface area contributed by atoms with Gasteiger partial charge in [0.2, 0.25) is 5.91 Å². The lowest BCUT2D eigenvalue weighted by molar-refractivity contribution is -0.156. The monoisotopic (exact) mass is 694 g/mol. The Balaban J connectivity index is 1.11. The average molecular weight is 695 g/mol. The van der Waals surface area contributed by atoms with Crippen LogP contribution in [0, 0.1) is 11.8 Å². The third-order valence-electron chi connectivity index (χ3n) is 10.5. The highest BCUT2D eigenvalue weighted by molar-refractivity contribution is 7.14. The number of hydrogen-bond acceptors (Lipinski definition) is 7. The third-order valence-corrected chi connectivity index (χ3v) is 12.0. The summed E-state index contributed by atoms with van der Waals surface area (Å²) < 4.78 is 4.85. The number of esters is 1. The molecule has 1 atom stereocenters. The summed E-state index contributed by atoms with van der Waals surface area (Å²) in [6, 6.07) is 20.0. The lowest BCUT2D eigenvalue weighted by atomic mass is 9.77. The standard InChI is InChI=1S/C41H50N4O4S/c1-6-26-7-11-28(12-8-26)29-15-17-30(18-16-29)32-22-42-37(43-23-32)31-13-9-27(10-14-31)21-34(39(47)45-24-33(25-45)40(48)49-5)44-38(46)35-19-20-36(50-35)41(2,3)4/h9-10,13-20,22,26,28,33-34H,6-8,11-12,21,23-25H2,1-5H3,(H,42,43)(H,44,46)/t26-,28-,34-/m0/s1. The first-order valence-electron chi connectivity index (χ1n) is 18.0. The number of thiophene rings is 1. The molecule has 2 N–H and O–H groups in total. The molecule has 0 radical (unpaired) electrons. The Morgan fingerprint density at radius 2 is 1.64 bits per heavy atom. The van der Waals surface area contributed by atoms with E-state index in [2.05, 4.69) is 62.6 Å². The number of methoxy groups -OCH3 is 1. The molecule has 2 aromatic carbocycles. The van der Waals surface area contributed by atoms with Gasteiger partial charge in [0.05, 0.1) is 17.9 Å². The molecule has 1 aromatic heterocycles. The number of ether oxygens (including phenoxy) is 1. The Morgan fingerprint density at radius 3 is 2.22 bits per heavy atom. The second-order valence-electron chi connectivity index (χ2n) is 15.0. The van der Waals surface area contributed by atoms with Crippen molar-refractivity contribution in [2.45, 2.75) is 83.6 Å². The molecule has 3 heterocycles. The summed E-state index contributed by atoms with van der Waals surface area (Å²) >= 11 is 1.44. The minimum Gasteiger partial charge on any atom is -0.469 e. The van der Waals surface area contributed by atoms with Crippen LogP contribution in [0.4, 0.5) is 0 Å². The van der Waals surface area contributed by atoms with Gasteiger partial charge >= 0.3 is 5.97 Å². The van der Waals surface area contributed by atoms with E-state index in [0.29, 0.717) is 23.8 Å². The number of carbonyl (C=O) groups excluding carboxylic acids is 3. The summed E-state index contributed by atoms with van der Waals surface area (Å²) in [6.07, 6.45) is 8.86. The highest BCUT2D eigenvalue weighted by Gasteiger charge is 2.39. The molecule has 2 fully saturated rings. The van der Waals surface area contributed by atoms with Gasteiger partial charge in [-0.15, -0.1) is 11.3 Å². The lowest BCUT2D eigenvalue weighted by Gasteiger charge is -2.39. The molecule has 1 saturated heterocycles. The van der Waals surface area contributed by atoms with E-state index in [1.165, 1.54) is 61.7 Å². The van der Waals surface area contributed by atoms with Gasteiger partial charge in [-0.05, 0) is 77.3 Å². The first-order valence-corrected chi connectivity index (χ1v) is 18.8. The van der Waals surface area contributed by atoms with Crippen molar-refractivity contribution >= 4 is 40.5 Å². The summed E-state index contributed by atoms with van der Waals surface area (Å²) in [6.45, 7) is 9.90. The molecular formula is C41H50N4O4S. The SMILES string of the molecule is CC[C@H]1CC[C@H](c2ccc(C3=CN=C(c4ccc(C[C@H](NC(=O)c5ccc(C(C)(C)C)s5)C(=O)N5CC(C(=O)OC)C5)cc4)NC3)cc2)CC1. The van der Waals surface area contributed by atoms with Crippen LogP contribution >= 0.6 is 11.3 Å². The van der Waals surface area contributed by atoms with Crippen molar-refractivity contribution in [3.8, 4) is 0 Å². The number of nitrogens with one attached hydrogen (secondary N) is 2. The van der Waals surface area contributed by atoms with Gasteiger partial charge in [0.1, 0.15) is 11.9 Å². The van der Waals surface area contributed by atoms with Gasteiger partial charge in [0, 0.05) is 42.7 Å². The van der Waals surface area contributed by atoms with Crippen molar-refractivity contribution < 1.29 is 19.1 Å². The Bertz CT molecular complexity index is 1740. The number of amidine groups is 1. The van der Waals surface area contributed by atoms with Crippen molar-refractivity contribution in [2.75, 3.05) is 26.7 Å². The summed E-state index contributed by atoms with van der Waals surface area (Å²) in [4.78, 5) is 47.0. The number of carbonyl (C=O) groups is 3. The minimum absolute atomic E-state index is 0.0753. The molecule has 3 aliphatic rings. The molecule has 0 spiro atoms. The maximum Gasteiger partial charge on any atom is 0.312 e. The molecular weight excluding hydrogens is 645 g/mol. The van der Waals surface area contributed by atoms with E-state index in [4.69, 9.17) is 9.73 Å². The van der Waals surface area contributed by atoms with Crippen LogP contribution in [0.2, 0.25) is 0 Å². The maximum atomic E-state index is 13.6. The van der Waals surface area contributed by atoms with Gasteiger partial charge < -0.3 is 20.3 Å². The largest absolute Gasteiger partial charge is 0.469 e. The van der Waals surface area contributed by atoms with Crippen molar-refractivity contribution in [3.05, 3.63) is 98.9 Å². The number of amides is 2. The number of benzene rings is 2. The molecule has 2 amide bonds. The number of likely N-dealkylation sites (tertiary alicyclic amines) is 1. The van der Waals surface area contributed by atoms with Gasteiger partial charge in [-0.25, -0.2) is 4.99 Å². The summed E-state index contributed by atoms with van der Waals surface area (Å²) in [5.74, 6) is 1.24. The Labute approximate surface area is 300 Å². The highest BCUT2D eigenvalue weighted by Crippen LogP contribution is 2.37. The van der Waals surface area contributed by atoms with Gasteiger partial charge in [-0.1, -0.05) is 82.6 Å². The highest BCUT2D eigenvalue weighted by atomic mass is 32.1. The lowest BCUT2D eigenvalue weighted by Crippen LogP contribution is -2.59. The topological polar surface area (TPSA) is 100 Å². The third kappa shape index (κ3) is 8.20. The van der Waals surface area contributed by atoms with Crippen LogP contribution < -0.4 is 10.6 Å². The number of rotatable bonds is 10. The number of hydrogen-bond donors (Lipinski definition) is 2. The Kier molecular flexibility index (Phi) is 10.9. The molecule has 0 bridgehead atoms. The molecule has 264 valence electrons. The molecule has 50 heavy (non-hydrogen) atoms. The van der Waals surface area contributed by atoms with E-state index in [0.717, 1.165) is 33.3 Å². The van der Waals surface area contributed by atoms with Crippen LogP contribution in [-0.2, 0) is 26.2 Å². The van der Waals surface area contributed by atoms with Crippen LogP contribution in [0.1, 0.15) is 103 Å². The van der Waals surface area contributed by atoms with Crippen LogP contribution in [0.5, 0.6) is 0 Å². The summed E-state index contributed by atoms with van der Waals surface area (Å²) in [5.41, 5.74) is 5.59. The summed E-state index contributed by atoms with van der Waals surface area (Å²) in [7, 11) is 1.35. The quantitative estimate of drug-likeness (QED) is 0.221. The molecule has 6 rings (SSSR count). The van der Waals surface area contributed by atoms with E-state index in [-0.39, 0.29) is 42.2 Å². The van der Waals surface area contributed by atoms with E-state index >= 15 is 0 Å². The zero-order chi connectivity index (χ0) is 35.4. The number of nitrogens with zero attached hydrogens (tertiary/aromatic N) is 2. The molecule has 3 aromatic rings. The Hall–Kier alpha value is -4.24. The van der Waals surface area contributed by atoms with Crippen LogP contribution in [0.25, 0.3) is 5.57 Å². The second kappa shape index (κ2) is 15.3. The maximum absolute atomic E-state index is 13.6. The molecule has 9 heteroatoms. The van der Waals surface area contributed by atoms with E-state index in [9.17, 15) is 14.4 Å². The first kappa shape index (κ1) is 35.6. The van der Waals surface area contributed by atoms with Crippen LogP contribution in [0.15, 0.2) is 71.9 Å². The summed E-state index contributed by atoms with van der Waals surface area (Å²) in [5, 5.41) is 6.48. The smallest absolute Gasteiger partial charge is 0.312 e. The normalized spacial score (nSPS) is 20.1. The Morgan fingerprint density at radius 1 is 0.960 bits per heavy atom. The van der Waals surface area contributed by atoms with Crippen molar-refractivity contribution in [1.29, 1.82) is 0 Å². The second-order valence-corrected chi connectivity index (χ2v) is 16.1. The predicted molar refractivity (Wildman–Crippen MR) is 200 cm³/mol. The molecule has 0 unspecified atom stereocenters. The zero-order valence-electron chi connectivity index (χ0n) is 30.0. The first-order chi connectivity index (χ1) is 24.0. The fourth-order valence-corrected chi connectivity index (χ4v) is 8.13. The average Bonchev–Trinajstić information content (AvgIpc) is 3.63. The van der Waals surface area contributed by atoms with E-state index in [1.54, 1.807) is 4.90 Å². The molecule has 2 aliphatic heterocycles. The van der Waals surface area contributed by atoms with Gasteiger partial charge in [0.25, 0.3) is 5.91 Å². The minimum atomic E-state index is -0.777. The van der Waals surface area contributed by atoms with E-state index < -0.39 is 6.04 Å². The van der Waals surface area contributed by atoms with Gasteiger partial charge in [-0.3, -0.25) is 14.4 Å². The van der Waals surface area contributed by atoms with Gasteiger partial charge in [-0.2, -0.15) is 0 Å². The van der Waals surface area contributed by atoms with Crippen molar-refractivity contribution in [1.82, 2.24) is 15.5 Å². The van der Waals surface area contributed by atoms with Crippen LogP contribution in [0.3, 0.4) is 0 Å². The molecule has 1 aliphatic carbocycles. The van der Waals surface area contributed by atoms with Gasteiger partial charge in [0.15, 0.2) is 0 Å². The van der Waals surface area contributed by atoms with E-state index in [1.807, 2.05) is 42.6 Å². The fraction of sp³-hybridized carbons (Fsp3) is 0.463. The molecule has 1 saturated carbocycles. The zero-order valence-corrected chi connectivity index (χ0v) is 30.8. The van der Waals surface area contributed by atoms with Crippen molar-refractivity contribution in [3.63, 3.8) is 0 Å². The predicted octanol–water partition coefficient (Wildman–Crippen LogP) is 7.09. The fourth-order valence-electron chi connectivity index (χ4n) is 7.16.